The molecule has 2 rings (SSSR count). The van der Waals surface area contributed by atoms with E-state index in [2.05, 4.69) is 20.7 Å². The number of anilines is 4. The Morgan fingerprint density at radius 1 is 1.21 bits per heavy atom. The quantitative estimate of drug-likeness (QED) is 0.476. The minimum atomic E-state index is 0.138. The van der Waals surface area contributed by atoms with Crippen molar-refractivity contribution >= 4 is 23.3 Å². The highest BCUT2D eigenvalue weighted by atomic mass is 16.5. The van der Waals surface area contributed by atoms with Gasteiger partial charge in [0.15, 0.2) is 0 Å². The summed E-state index contributed by atoms with van der Waals surface area (Å²) in [6, 6.07) is 9.20. The van der Waals surface area contributed by atoms with Crippen molar-refractivity contribution in [1.29, 1.82) is 0 Å². The number of nitrogens with one attached hydrogen (secondary N) is 2. The number of aromatic nitrogens is 2. The maximum Gasteiger partial charge on any atom is 0.223 e. The van der Waals surface area contributed by atoms with Crippen LogP contribution in [0.4, 0.5) is 23.3 Å². The van der Waals surface area contributed by atoms with E-state index >= 15 is 0 Å². The van der Waals surface area contributed by atoms with Crippen LogP contribution in [0, 0.1) is 0 Å². The summed E-state index contributed by atoms with van der Waals surface area (Å²) in [6.45, 7) is 2.55. The summed E-state index contributed by atoms with van der Waals surface area (Å²) in [5.74, 6) is 7.21. The lowest BCUT2D eigenvalue weighted by atomic mass is 10.3. The predicted molar refractivity (Wildman–Crippen MR) is 75.1 cm³/mol. The molecule has 1 aromatic carbocycles. The number of benzene rings is 1. The lowest BCUT2D eigenvalue weighted by Gasteiger charge is -2.09. The molecule has 7 nitrogen and oxygen atoms in total. The van der Waals surface area contributed by atoms with Crippen LogP contribution >= 0.6 is 0 Å². The van der Waals surface area contributed by atoms with E-state index in [0.717, 1.165) is 11.4 Å². The minimum Gasteiger partial charge on any atom is -0.494 e. The molecule has 6 N–H and O–H groups in total. The van der Waals surface area contributed by atoms with Crippen molar-refractivity contribution in [2.45, 2.75) is 6.92 Å². The summed E-state index contributed by atoms with van der Waals surface area (Å²) in [5, 5.41) is 3.11. The lowest BCUT2D eigenvalue weighted by Crippen LogP contribution is -2.11. The van der Waals surface area contributed by atoms with Gasteiger partial charge in [-0.25, -0.2) is 5.84 Å². The van der Waals surface area contributed by atoms with Crippen LogP contribution in [-0.4, -0.2) is 16.6 Å². The van der Waals surface area contributed by atoms with Crippen LogP contribution in [0.3, 0.4) is 0 Å². The Hall–Kier alpha value is -2.54. The SMILES string of the molecule is CCOc1cccc(Nc2cc(NN)nc(N)n2)c1. The minimum absolute atomic E-state index is 0.138. The van der Waals surface area contributed by atoms with Crippen molar-refractivity contribution in [2.75, 3.05) is 23.1 Å². The summed E-state index contributed by atoms with van der Waals surface area (Å²) in [4.78, 5) is 7.98. The van der Waals surface area contributed by atoms with E-state index < -0.39 is 0 Å². The van der Waals surface area contributed by atoms with E-state index in [-0.39, 0.29) is 5.95 Å². The largest absolute Gasteiger partial charge is 0.494 e. The van der Waals surface area contributed by atoms with Crippen LogP contribution in [0.15, 0.2) is 30.3 Å². The number of rotatable bonds is 5. The van der Waals surface area contributed by atoms with Gasteiger partial charge in [-0.1, -0.05) is 6.07 Å². The highest BCUT2D eigenvalue weighted by molar-refractivity contribution is 5.61. The molecule has 0 aliphatic rings. The van der Waals surface area contributed by atoms with Gasteiger partial charge in [-0.3, -0.25) is 0 Å². The predicted octanol–water partition coefficient (Wildman–Crippen LogP) is 1.49. The van der Waals surface area contributed by atoms with E-state index in [1.165, 1.54) is 0 Å². The first-order valence-corrected chi connectivity index (χ1v) is 5.82. The Balaban J connectivity index is 2.20. The fourth-order valence-electron chi connectivity index (χ4n) is 1.58. The van der Waals surface area contributed by atoms with Crippen molar-refractivity contribution in [3.63, 3.8) is 0 Å². The van der Waals surface area contributed by atoms with Gasteiger partial charge in [-0.15, -0.1) is 0 Å². The van der Waals surface area contributed by atoms with Gasteiger partial charge in [0.2, 0.25) is 5.95 Å². The second-order valence-corrected chi connectivity index (χ2v) is 3.73. The zero-order chi connectivity index (χ0) is 13.7. The molecule has 100 valence electrons. The van der Waals surface area contributed by atoms with Crippen molar-refractivity contribution in [2.24, 2.45) is 5.84 Å². The monoisotopic (exact) mass is 260 g/mol. The zero-order valence-corrected chi connectivity index (χ0v) is 10.6. The summed E-state index contributed by atoms with van der Waals surface area (Å²) in [5.41, 5.74) is 8.85. The van der Waals surface area contributed by atoms with Gasteiger partial charge in [0.1, 0.15) is 17.4 Å². The Kier molecular flexibility index (Phi) is 3.99. The second-order valence-electron chi connectivity index (χ2n) is 3.73. The summed E-state index contributed by atoms with van der Waals surface area (Å²) >= 11 is 0. The average molecular weight is 260 g/mol. The van der Waals surface area contributed by atoms with Gasteiger partial charge in [0.25, 0.3) is 0 Å². The fraction of sp³-hybridized carbons (Fsp3) is 0.167. The van der Waals surface area contributed by atoms with E-state index in [0.29, 0.717) is 18.2 Å². The third-order valence-corrected chi connectivity index (χ3v) is 2.31. The first-order chi connectivity index (χ1) is 9.21. The molecule has 0 saturated carbocycles. The molecule has 0 saturated heterocycles. The molecular weight excluding hydrogens is 244 g/mol. The molecule has 7 heteroatoms. The Bertz CT molecular complexity index is 560. The van der Waals surface area contributed by atoms with Gasteiger partial charge >= 0.3 is 0 Å². The van der Waals surface area contributed by atoms with Crippen LogP contribution in [0.2, 0.25) is 0 Å². The number of nitrogens with two attached hydrogens (primary N) is 2. The first-order valence-electron chi connectivity index (χ1n) is 5.82. The van der Waals surface area contributed by atoms with E-state index in [1.54, 1.807) is 6.07 Å². The molecular formula is C12H16N6O. The zero-order valence-electron chi connectivity index (χ0n) is 10.6. The molecule has 0 radical (unpaired) electrons. The molecule has 0 unspecified atom stereocenters. The number of nitrogen functional groups attached to an aromatic ring is 2. The number of ether oxygens (including phenoxy) is 1. The Labute approximate surface area is 111 Å². The summed E-state index contributed by atoms with van der Waals surface area (Å²) in [6.07, 6.45) is 0. The maximum atomic E-state index is 5.58. The van der Waals surface area contributed by atoms with Crippen LogP contribution in [0.1, 0.15) is 6.92 Å². The van der Waals surface area contributed by atoms with Gasteiger partial charge in [0, 0.05) is 17.8 Å². The third-order valence-electron chi connectivity index (χ3n) is 2.31. The van der Waals surface area contributed by atoms with Crippen molar-refractivity contribution in [3.8, 4) is 5.75 Å². The molecule has 0 aliphatic heterocycles. The first kappa shape index (κ1) is 12.9. The maximum absolute atomic E-state index is 5.58. The van der Waals surface area contributed by atoms with Gasteiger partial charge in [0.05, 0.1) is 6.61 Å². The highest BCUT2D eigenvalue weighted by Gasteiger charge is 2.02. The normalized spacial score (nSPS) is 10.0. The average Bonchev–Trinajstić information content (AvgIpc) is 2.39. The summed E-state index contributed by atoms with van der Waals surface area (Å²) in [7, 11) is 0. The van der Waals surface area contributed by atoms with E-state index in [1.807, 2.05) is 31.2 Å². The van der Waals surface area contributed by atoms with E-state index in [9.17, 15) is 0 Å². The molecule has 2 aromatic rings. The number of hydrogen-bond acceptors (Lipinski definition) is 7. The molecule has 19 heavy (non-hydrogen) atoms. The molecule has 0 amide bonds. The molecule has 0 aliphatic carbocycles. The molecule has 1 heterocycles. The van der Waals surface area contributed by atoms with Gasteiger partial charge in [-0.2, -0.15) is 9.97 Å². The van der Waals surface area contributed by atoms with Crippen LogP contribution in [0.25, 0.3) is 0 Å². The summed E-state index contributed by atoms with van der Waals surface area (Å²) < 4.78 is 5.42. The molecule has 0 fully saturated rings. The fourth-order valence-corrected chi connectivity index (χ4v) is 1.58. The molecule has 0 spiro atoms. The standard InChI is InChI=1S/C12H16N6O/c1-2-19-9-5-3-4-8(6-9)15-10-7-11(18-14)17-12(13)16-10/h3-7H,2,14H2,1H3,(H4,13,15,16,17,18). The van der Waals surface area contributed by atoms with Crippen molar-refractivity contribution in [3.05, 3.63) is 30.3 Å². The van der Waals surface area contributed by atoms with E-state index in [4.69, 9.17) is 16.3 Å². The highest BCUT2D eigenvalue weighted by Crippen LogP contribution is 2.21. The Morgan fingerprint density at radius 2 is 2.00 bits per heavy atom. The van der Waals surface area contributed by atoms with Gasteiger partial charge < -0.3 is 21.2 Å². The number of hydrogen-bond donors (Lipinski definition) is 4. The molecule has 1 aromatic heterocycles. The molecule has 0 bridgehead atoms. The third kappa shape index (κ3) is 3.46. The van der Waals surface area contributed by atoms with Crippen LogP contribution < -0.4 is 27.1 Å². The number of nitrogens with zero attached hydrogens (tertiary/aromatic N) is 2. The van der Waals surface area contributed by atoms with Crippen LogP contribution in [0.5, 0.6) is 5.75 Å². The smallest absolute Gasteiger partial charge is 0.223 e. The molecule has 0 atom stereocenters. The van der Waals surface area contributed by atoms with Crippen molar-refractivity contribution in [1.82, 2.24) is 9.97 Å². The second kappa shape index (κ2) is 5.87. The number of hydrazine groups is 1. The van der Waals surface area contributed by atoms with Crippen LogP contribution in [-0.2, 0) is 0 Å². The lowest BCUT2D eigenvalue weighted by molar-refractivity contribution is 0.340. The van der Waals surface area contributed by atoms with Crippen molar-refractivity contribution < 1.29 is 4.74 Å². The Morgan fingerprint density at radius 3 is 2.74 bits per heavy atom. The van der Waals surface area contributed by atoms with Gasteiger partial charge in [-0.05, 0) is 19.1 Å². The topological polar surface area (TPSA) is 111 Å².